The van der Waals surface area contributed by atoms with E-state index in [-0.39, 0.29) is 32.3 Å². The van der Waals surface area contributed by atoms with Crippen LogP contribution in [0.5, 0.6) is 0 Å². The fourth-order valence-corrected chi connectivity index (χ4v) is 4.97. The fraction of sp³-hybridized carbons (Fsp3) is 0.105. The van der Waals surface area contributed by atoms with E-state index in [2.05, 4.69) is 15.0 Å². The maximum atomic E-state index is 13.9. The second kappa shape index (κ2) is 7.20. The third-order valence-corrected chi connectivity index (χ3v) is 6.84. The Balaban J connectivity index is 2.02. The van der Waals surface area contributed by atoms with Crippen LogP contribution in [0, 0.1) is 18.6 Å². The molecule has 0 saturated carbocycles. The summed E-state index contributed by atoms with van der Waals surface area (Å²) in [6.07, 6.45) is 4.88. The van der Waals surface area contributed by atoms with Gasteiger partial charge in [-0.05, 0) is 30.9 Å². The molecule has 29 heavy (non-hydrogen) atoms. The van der Waals surface area contributed by atoms with Crippen LogP contribution in [-0.4, -0.2) is 33.6 Å². The summed E-state index contributed by atoms with van der Waals surface area (Å²) in [6, 6.07) is 7.68. The summed E-state index contributed by atoms with van der Waals surface area (Å²) in [5, 5.41) is 0.308. The Kier molecular flexibility index (Phi) is 4.83. The van der Waals surface area contributed by atoms with Gasteiger partial charge in [0.05, 0.1) is 17.3 Å². The smallest absolute Gasteiger partial charge is 0.234 e. The van der Waals surface area contributed by atoms with Crippen LogP contribution >= 0.6 is 11.8 Å². The van der Waals surface area contributed by atoms with Gasteiger partial charge < -0.3 is 0 Å². The van der Waals surface area contributed by atoms with Gasteiger partial charge in [-0.25, -0.2) is 36.1 Å². The third-order valence-electron chi connectivity index (χ3n) is 4.36. The van der Waals surface area contributed by atoms with E-state index < -0.39 is 21.7 Å². The molecule has 0 spiro atoms. The van der Waals surface area contributed by atoms with Gasteiger partial charge in [-0.3, -0.25) is 0 Å². The summed E-state index contributed by atoms with van der Waals surface area (Å²) in [6.45, 7) is 1.68. The number of thioether (sulfide) groups is 1. The molecule has 1 aromatic carbocycles. The van der Waals surface area contributed by atoms with Gasteiger partial charge in [-0.1, -0.05) is 18.2 Å². The van der Waals surface area contributed by atoms with Gasteiger partial charge in [-0.15, -0.1) is 11.8 Å². The molecule has 0 aliphatic rings. The minimum atomic E-state index is -4.02. The first-order valence-corrected chi connectivity index (χ1v) is 11.0. The summed E-state index contributed by atoms with van der Waals surface area (Å²) in [7, 11) is -4.02. The number of benzene rings is 1. The molecule has 0 unspecified atom stereocenters. The van der Waals surface area contributed by atoms with E-state index in [1.165, 1.54) is 12.3 Å². The fourth-order valence-electron chi connectivity index (χ4n) is 2.99. The summed E-state index contributed by atoms with van der Waals surface area (Å²) >= 11 is 1.08. The predicted molar refractivity (Wildman–Crippen MR) is 106 cm³/mol. The predicted octanol–water partition coefficient (Wildman–Crippen LogP) is 4.04. The highest BCUT2D eigenvalue weighted by Gasteiger charge is 2.25. The number of hydrogen-bond acceptors (Lipinski definition) is 6. The second-order valence-electron chi connectivity index (χ2n) is 6.18. The van der Waals surface area contributed by atoms with Crippen LogP contribution in [0.3, 0.4) is 0 Å². The number of nitrogens with zero attached hydrogens (tertiary/aromatic N) is 4. The molecule has 10 heteroatoms. The molecule has 6 nitrogen and oxygen atoms in total. The number of pyridine rings is 1. The van der Waals surface area contributed by atoms with Crippen molar-refractivity contribution in [3.63, 3.8) is 0 Å². The number of rotatable bonds is 4. The minimum absolute atomic E-state index is 0.0308. The molecule has 0 aliphatic heterocycles. The lowest BCUT2D eigenvalue weighted by Crippen LogP contribution is -2.13. The molecule has 4 aromatic rings. The molecule has 0 N–H and O–H groups in total. The van der Waals surface area contributed by atoms with Crippen LogP contribution in [0.15, 0.2) is 58.8 Å². The molecular weight excluding hydrogens is 418 g/mol. The number of halogens is 2. The number of aryl methyl sites for hydroxylation is 1. The van der Waals surface area contributed by atoms with Gasteiger partial charge in [-0.2, -0.15) is 0 Å². The summed E-state index contributed by atoms with van der Waals surface area (Å²) < 4.78 is 55.3. The lowest BCUT2D eigenvalue weighted by molar-refractivity contribution is 0.580. The van der Waals surface area contributed by atoms with Crippen LogP contribution in [-0.2, 0) is 10.0 Å². The molecule has 0 amide bonds. The van der Waals surface area contributed by atoms with E-state index in [4.69, 9.17) is 0 Å². The topological polar surface area (TPSA) is 77.7 Å². The van der Waals surface area contributed by atoms with Crippen molar-refractivity contribution in [1.29, 1.82) is 0 Å². The molecule has 148 valence electrons. The van der Waals surface area contributed by atoms with Gasteiger partial charge in [0.25, 0.3) is 10.0 Å². The molecule has 0 radical (unpaired) electrons. The molecule has 0 saturated heterocycles. The zero-order valence-corrected chi connectivity index (χ0v) is 16.9. The Hall–Kier alpha value is -2.85. The highest BCUT2D eigenvalue weighted by atomic mass is 32.2. The van der Waals surface area contributed by atoms with E-state index in [0.717, 1.165) is 34.2 Å². The zero-order chi connectivity index (χ0) is 20.8. The molecule has 0 atom stereocenters. The summed E-state index contributed by atoms with van der Waals surface area (Å²) in [5.41, 5.74) is 0.823. The SMILES string of the molecule is CSc1nc(-c2cn(S(=O)(=O)c3ccccc3C)c3ncc(F)cc23)ncc1F. The van der Waals surface area contributed by atoms with Gasteiger partial charge in [0, 0.05) is 17.1 Å². The van der Waals surface area contributed by atoms with Crippen molar-refractivity contribution in [2.75, 3.05) is 6.26 Å². The monoisotopic (exact) mass is 432 g/mol. The standard InChI is InChI=1S/C19H14F2N4O2S2/c1-11-5-3-4-6-16(11)29(26,27)25-10-14(13-7-12(20)8-23-18(13)25)17-22-9-15(21)19(24-17)28-2/h3-10H,1-2H3. The first-order valence-electron chi connectivity index (χ1n) is 8.37. The number of aromatic nitrogens is 4. The number of fused-ring (bicyclic) bond motifs is 1. The normalized spacial score (nSPS) is 11.9. The van der Waals surface area contributed by atoms with Gasteiger partial charge in [0.15, 0.2) is 17.3 Å². The van der Waals surface area contributed by atoms with E-state index >= 15 is 0 Å². The van der Waals surface area contributed by atoms with E-state index in [9.17, 15) is 17.2 Å². The Morgan fingerprint density at radius 2 is 1.86 bits per heavy atom. The van der Waals surface area contributed by atoms with Crippen molar-refractivity contribution < 1.29 is 17.2 Å². The van der Waals surface area contributed by atoms with Crippen molar-refractivity contribution >= 4 is 32.8 Å². The highest BCUT2D eigenvalue weighted by Crippen LogP contribution is 2.32. The number of hydrogen-bond donors (Lipinski definition) is 0. The van der Waals surface area contributed by atoms with Crippen molar-refractivity contribution in [2.45, 2.75) is 16.8 Å². The maximum absolute atomic E-state index is 13.9. The van der Waals surface area contributed by atoms with Crippen LogP contribution in [0.4, 0.5) is 8.78 Å². The third kappa shape index (κ3) is 3.28. The Morgan fingerprint density at radius 1 is 1.10 bits per heavy atom. The lowest BCUT2D eigenvalue weighted by atomic mass is 10.2. The van der Waals surface area contributed by atoms with Crippen molar-refractivity contribution in [3.05, 3.63) is 66.1 Å². The van der Waals surface area contributed by atoms with E-state index in [0.29, 0.717) is 5.56 Å². The maximum Gasteiger partial charge on any atom is 0.269 e. The molecule has 3 aromatic heterocycles. The van der Waals surface area contributed by atoms with Gasteiger partial charge in [0.1, 0.15) is 10.8 Å². The van der Waals surface area contributed by atoms with Crippen molar-refractivity contribution in [2.24, 2.45) is 0 Å². The van der Waals surface area contributed by atoms with Crippen LogP contribution in [0.1, 0.15) is 5.56 Å². The average Bonchev–Trinajstić information content (AvgIpc) is 3.08. The Labute approximate surface area is 169 Å². The largest absolute Gasteiger partial charge is 0.269 e. The molecule has 4 rings (SSSR count). The zero-order valence-electron chi connectivity index (χ0n) is 15.3. The lowest BCUT2D eigenvalue weighted by Gasteiger charge is -2.09. The molecule has 0 aliphatic carbocycles. The minimum Gasteiger partial charge on any atom is -0.234 e. The molecule has 0 bridgehead atoms. The second-order valence-corrected chi connectivity index (χ2v) is 8.76. The summed E-state index contributed by atoms with van der Waals surface area (Å²) in [4.78, 5) is 12.2. The Bertz CT molecular complexity index is 1350. The molecule has 3 heterocycles. The van der Waals surface area contributed by atoms with E-state index in [1.54, 1.807) is 31.4 Å². The first-order chi connectivity index (χ1) is 13.8. The summed E-state index contributed by atoms with van der Waals surface area (Å²) in [5.74, 6) is -1.16. The molecular formula is C19H14F2N4O2S2. The quantitative estimate of drug-likeness (QED) is 0.358. The van der Waals surface area contributed by atoms with Crippen LogP contribution in [0.25, 0.3) is 22.4 Å². The van der Waals surface area contributed by atoms with Gasteiger partial charge in [0.2, 0.25) is 0 Å². The first kappa shape index (κ1) is 19.5. The Morgan fingerprint density at radius 3 is 2.59 bits per heavy atom. The average molecular weight is 432 g/mol. The van der Waals surface area contributed by atoms with E-state index in [1.807, 2.05) is 0 Å². The van der Waals surface area contributed by atoms with Crippen molar-refractivity contribution in [1.82, 2.24) is 18.9 Å². The van der Waals surface area contributed by atoms with Gasteiger partial charge >= 0.3 is 0 Å². The van der Waals surface area contributed by atoms with Crippen molar-refractivity contribution in [3.8, 4) is 11.4 Å². The van der Waals surface area contributed by atoms with Crippen LogP contribution < -0.4 is 0 Å². The highest BCUT2D eigenvalue weighted by molar-refractivity contribution is 7.98. The molecule has 0 fully saturated rings. The van der Waals surface area contributed by atoms with Crippen LogP contribution in [0.2, 0.25) is 0 Å².